The summed E-state index contributed by atoms with van der Waals surface area (Å²) < 4.78 is 7.25. The van der Waals surface area contributed by atoms with Crippen LogP contribution in [0.15, 0.2) is 29.6 Å². The minimum atomic E-state index is -0.0188. The zero-order chi connectivity index (χ0) is 14.3. The van der Waals surface area contributed by atoms with Crippen LogP contribution in [0.4, 0.5) is 0 Å². The smallest absolute Gasteiger partial charge is 0.167 e. The van der Waals surface area contributed by atoms with Gasteiger partial charge in [-0.1, -0.05) is 18.2 Å². The molecule has 2 unspecified atom stereocenters. The molecule has 0 N–H and O–H groups in total. The van der Waals surface area contributed by atoms with Crippen LogP contribution in [0.1, 0.15) is 29.6 Å². The predicted molar refractivity (Wildman–Crippen MR) is 89.5 cm³/mol. The molecule has 21 heavy (non-hydrogen) atoms. The van der Waals surface area contributed by atoms with Crippen LogP contribution < -0.4 is 0 Å². The molecule has 1 spiro atoms. The Bertz CT molecular complexity index is 670. The van der Waals surface area contributed by atoms with Crippen molar-refractivity contribution in [1.82, 2.24) is 0 Å². The molecule has 3 heterocycles. The second-order valence-corrected chi connectivity index (χ2v) is 8.05. The minimum Gasteiger partial charge on any atom is -0.374 e. The molecule has 2 saturated heterocycles. The largest absolute Gasteiger partial charge is 0.374 e. The van der Waals surface area contributed by atoms with Gasteiger partial charge in [-0.25, -0.2) is 0 Å². The fourth-order valence-corrected chi connectivity index (χ4v) is 5.83. The van der Waals surface area contributed by atoms with Gasteiger partial charge in [0, 0.05) is 39.3 Å². The maximum atomic E-state index is 13.0. The molecule has 0 bridgehead atoms. The van der Waals surface area contributed by atoms with Crippen LogP contribution in [-0.2, 0) is 4.74 Å². The monoisotopic (exact) mass is 318 g/mol. The van der Waals surface area contributed by atoms with Gasteiger partial charge in [0.2, 0.25) is 0 Å². The molecule has 0 amide bonds. The number of fused-ring (bicyclic) bond motifs is 1. The van der Waals surface area contributed by atoms with Gasteiger partial charge in [-0.3, -0.25) is 4.79 Å². The molecule has 2 nitrogen and oxygen atoms in total. The molecule has 4 rings (SSSR count). The summed E-state index contributed by atoms with van der Waals surface area (Å²) in [6.07, 6.45) is 2.88. The van der Waals surface area contributed by atoms with E-state index in [0.29, 0.717) is 5.78 Å². The molecule has 4 heteroatoms. The third-order valence-electron chi connectivity index (χ3n) is 4.68. The number of carbonyl (C=O) groups is 1. The number of ketones is 1. The molecule has 2 atom stereocenters. The lowest BCUT2D eigenvalue weighted by molar-refractivity contribution is -0.0734. The van der Waals surface area contributed by atoms with Crippen LogP contribution in [0, 0.1) is 5.92 Å². The van der Waals surface area contributed by atoms with Gasteiger partial charge in [0.05, 0.1) is 5.60 Å². The number of thiophene rings is 1. The standard InChI is InChI=1S/C17H18O2S2/c18-16(14-10-21-15-4-2-1-3-13(14)15)12-5-7-19-17(9-12)6-8-20-11-17/h1-4,10,12H,5-9,11H2. The van der Waals surface area contributed by atoms with E-state index in [4.69, 9.17) is 4.74 Å². The average molecular weight is 318 g/mol. The summed E-state index contributed by atoms with van der Waals surface area (Å²) in [7, 11) is 0. The highest BCUT2D eigenvalue weighted by Gasteiger charge is 2.42. The lowest BCUT2D eigenvalue weighted by atomic mass is 9.81. The van der Waals surface area contributed by atoms with Crippen molar-refractivity contribution in [2.45, 2.75) is 24.9 Å². The summed E-state index contributed by atoms with van der Waals surface area (Å²) in [6.45, 7) is 0.735. The van der Waals surface area contributed by atoms with Gasteiger partial charge in [-0.2, -0.15) is 11.8 Å². The molecule has 1 aromatic carbocycles. The van der Waals surface area contributed by atoms with Crippen LogP contribution in [-0.4, -0.2) is 29.5 Å². The van der Waals surface area contributed by atoms with Crippen molar-refractivity contribution in [2.24, 2.45) is 5.92 Å². The number of ether oxygens (including phenoxy) is 1. The molecule has 2 aliphatic rings. The first-order chi connectivity index (χ1) is 10.3. The van der Waals surface area contributed by atoms with Crippen molar-refractivity contribution in [3.63, 3.8) is 0 Å². The Labute approximate surface area is 132 Å². The summed E-state index contributed by atoms with van der Waals surface area (Å²) in [6, 6.07) is 8.21. The fourth-order valence-electron chi connectivity index (χ4n) is 3.50. The van der Waals surface area contributed by atoms with E-state index in [2.05, 4.69) is 12.1 Å². The Balaban J connectivity index is 1.62. The molecule has 0 aliphatic carbocycles. The second kappa shape index (κ2) is 5.41. The lowest BCUT2D eigenvalue weighted by Gasteiger charge is -2.37. The summed E-state index contributed by atoms with van der Waals surface area (Å²) in [5.41, 5.74) is 0.901. The van der Waals surface area contributed by atoms with Crippen LogP contribution in [0.5, 0.6) is 0 Å². The number of benzene rings is 1. The number of Topliss-reactive ketones (excluding diaryl/α,β-unsaturated/α-hetero) is 1. The fraction of sp³-hybridized carbons (Fsp3) is 0.471. The van der Waals surface area contributed by atoms with Crippen molar-refractivity contribution in [3.8, 4) is 0 Å². The Morgan fingerprint density at radius 1 is 1.33 bits per heavy atom. The van der Waals surface area contributed by atoms with Gasteiger partial charge in [0.25, 0.3) is 0 Å². The SMILES string of the molecule is O=C(c1csc2ccccc12)C1CCOC2(CCSC2)C1. The molecule has 2 aliphatic heterocycles. The molecular weight excluding hydrogens is 300 g/mol. The predicted octanol–water partition coefficient (Wildman–Crippen LogP) is 4.39. The summed E-state index contributed by atoms with van der Waals surface area (Å²) in [4.78, 5) is 13.0. The van der Waals surface area contributed by atoms with E-state index in [1.165, 1.54) is 10.5 Å². The van der Waals surface area contributed by atoms with Crippen LogP contribution in [0.25, 0.3) is 10.1 Å². The van der Waals surface area contributed by atoms with Crippen molar-refractivity contribution < 1.29 is 9.53 Å². The van der Waals surface area contributed by atoms with Gasteiger partial charge in [0.15, 0.2) is 5.78 Å². The quantitative estimate of drug-likeness (QED) is 0.768. The molecule has 0 saturated carbocycles. The Kier molecular flexibility index (Phi) is 3.56. The highest BCUT2D eigenvalue weighted by molar-refractivity contribution is 7.99. The average Bonchev–Trinajstić information content (AvgIpc) is 3.14. The van der Waals surface area contributed by atoms with E-state index >= 15 is 0 Å². The van der Waals surface area contributed by atoms with Crippen LogP contribution >= 0.6 is 23.1 Å². The van der Waals surface area contributed by atoms with E-state index in [0.717, 1.165) is 42.6 Å². The Morgan fingerprint density at radius 3 is 3.10 bits per heavy atom. The maximum Gasteiger partial charge on any atom is 0.167 e. The first kappa shape index (κ1) is 13.8. The van der Waals surface area contributed by atoms with Gasteiger partial charge >= 0.3 is 0 Å². The van der Waals surface area contributed by atoms with Gasteiger partial charge in [0.1, 0.15) is 0 Å². The number of thioether (sulfide) groups is 1. The number of carbonyl (C=O) groups excluding carboxylic acids is 1. The van der Waals surface area contributed by atoms with Crippen LogP contribution in [0.2, 0.25) is 0 Å². The lowest BCUT2D eigenvalue weighted by Crippen LogP contribution is -2.42. The molecule has 2 aromatic rings. The first-order valence-electron chi connectivity index (χ1n) is 7.50. The third-order valence-corrected chi connectivity index (χ3v) is 6.86. The topological polar surface area (TPSA) is 26.3 Å². The zero-order valence-electron chi connectivity index (χ0n) is 11.8. The molecule has 2 fully saturated rings. The van der Waals surface area contributed by atoms with Gasteiger partial charge < -0.3 is 4.74 Å². The van der Waals surface area contributed by atoms with Crippen LogP contribution in [0.3, 0.4) is 0 Å². The summed E-state index contributed by atoms with van der Waals surface area (Å²) >= 11 is 3.63. The number of hydrogen-bond donors (Lipinski definition) is 0. The van der Waals surface area contributed by atoms with E-state index in [-0.39, 0.29) is 11.5 Å². The summed E-state index contributed by atoms with van der Waals surface area (Å²) in [5.74, 6) is 2.69. The zero-order valence-corrected chi connectivity index (χ0v) is 13.5. The second-order valence-electron chi connectivity index (χ2n) is 6.03. The van der Waals surface area contributed by atoms with E-state index in [1.807, 2.05) is 29.3 Å². The Morgan fingerprint density at radius 2 is 2.24 bits per heavy atom. The third kappa shape index (κ3) is 2.43. The summed E-state index contributed by atoms with van der Waals surface area (Å²) in [5, 5.41) is 3.16. The highest BCUT2D eigenvalue weighted by atomic mass is 32.2. The number of hydrogen-bond acceptors (Lipinski definition) is 4. The molecular formula is C17H18O2S2. The van der Waals surface area contributed by atoms with Crippen molar-refractivity contribution >= 4 is 39.0 Å². The minimum absolute atomic E-state index is 0.0188. The van der Waals surface area contributed by atoms with Crippen molar-refractivity contribution in [2.75, 3.05) is 18.1 Å². The number of rotatable bonds is 2. The van der Waals surface area contributed by atoms with E-state index in [9.17, 15) is 4.79 Å². The van der Waals surface area contributed by atoms with Crippen molar-refractivity contribution in [3.05, 3.63) is 35.2 Å². The van der Waals surface area contributed by atoms with Crippen molar-refractivity contribution in [1.29, 1.82) is 0 Å². The van der Waals surface area contributed by atoms with Gasteiger partial charge in [-0.05, 0) is 31.1 Å². The van der Waals surface area contributed by atoms with Gasteiger partial charge in [-0.15, -0.1) is 11.3 Å². The Hall–Kier alpha value is -0.840. The maximum absolute atomic E-state index is 13.0. The van der Waals surface area contributed by atoms with E-state index in [1.54, 1.807) is 11.3 Å². The first-order valence-corrected chi connectivity index (χ1v) is 9.53. The molecule has 0 radical (unpaired) electrons. The molecule has 1 aromatic heterocycles. The molecule has 110 valence electrons. The highest BCUT2D eigenvalue weighted by Crippen LogP contribution is 2.42. The normalized spacial score (nSPS) is 29.2. The van der Waals surface area contributed by atoms with E-state index < -0.39 is 0 Å².